The molecular formula is C8H17NO. The molecule has 0 radical (unpaired) electrons. The van der Waals surface area contributed by atoms with E-state index in [1.807, 2.05) is 13.8 Å². The lowest BCUT2D eigenvalue weighted by atomic mass is 10.4. The van der Waals surface area contributed by atoms with Crippen molar-refractivity contribution in [3.8, 4) is 0 Å². The van der Waals surface area contributed by atoms with Crippen LogP contribution in [0.1, 0.15) is 22.2 Å². The molecule has 0 spiro atoms. The number of rotatable bonds is 2. The molecule has 0 atom stereocenters. The van der Waals surface area contributed by atoms with Crippen LogP contribution in [0.2, 0.25) is 0 Å². The van der Waals surface area contributed by atoms with Crippen LogP contribution in [-0.2, 0) is 4.79 Å². The average Bonchev–Trinajstić information content (AvgIpc) is 1.89. The van der Waals surface area contributed by atoms with Crippen molar-refractivity contribution < 1.29 is 6.22 Å². The number of nitrogens with zero attached hydrogens (tertiary/aromatic N) is 1. The Balaban J connectivity index is -0.000000196. The molecule has 2 nitrogen and oxygen atoms in total. The van der Waals surface area contributed by atoms with Crippen molar-refractivity contribution in [2.45, 2.75) is 20.8 Å². The van der Waals surface area contributed by atoms with Gasteiger partial charge in [-0.3, -0.25) is 9.79 Å². The van der Waals surface area contributed by atoms with Crippen molar-refractivity contribution in [2.75, 3.05) is 6.54 Å². The van der Waals surface area contributed by atoms with Crippen LogP contribution in [0, 0.1) is 0 Å². The van der Waals surface area contributed by atoms with Crippen molar-refractivity contribution in [3.05, 3.63) is 13.2 Å². The van der Waals surface area contributed by atoms with Crippen LogP contribution in [-0.4, -0.2) is 18.0 Å². The topological polar surface area (TPSA) is 29.4 Å². The van der Waals surface area contributed by atoms with E-state index in [2.05, 4.69) is 18.2 Å². The fourth-order valence-electron chi connectivity index (χ4n) is 0.269. The maximum atomic E-state index is 10.2. The zero-order valence-electron chi connectivity index (χ0n) is 6.98. The molecule has 0 N–H and O–H groups in total. The summed E-state index contributed by atoms with van der Waals surface area (Å²) in [5, 5.41) is 0. The standard InChI is InChI=1S/C6H11NO.C2H4.H2/c1-5(2)7-4-6(3)8;1-2;/h4H2,1-3H3;1-2H2;1H. The summed E-state index contributed by atoms with van der Waals surface area (Å²) in [6.07, 6.45) is 0. The van der Waals surface area contributed by atoms with E-state index in [0.29, 0.717) is 6.54 Å². The first-order valence-electron chi connectivity index (χ1n) is 3.10. The van der Waals surface area contributed by atoms with E-state index in [0.717, 1.165) is 5.71 Å². The monoisotopic (exact) mass is 143 g/mol. The molecule has 0 saturated carbocycles. The molecule has 10 heavy (non-hydrogen) atoms. The highest BCUT2D eigenvalue weighted by molar-refractivity contribution is 5.84. The Bertz CT molecular complexity index is 128. The van der Waals surface area contributed by atoms with Gasteiger partial charge in [0.2, 0.25) is 0 Å². The van der Waals surface area contributed by atoms with Gasteiger partial charge in [-0.25, -0.2) is 0 Å². The van der Waals surface area contributed by atoms with Gasteiger partial charge in [-0.1, -0.05) is 0 Å². The predicted molar refractivity (Wildman–Crippen MR) is 47.7 cm³/mol. The molecule has 0 fully saturated rings. The summed E-state index contributed by atoms with van der Waals surface area (Å²) < 4.78 is 0. The molecule has 0 aromatic heterocycles. The van der Waals surface area contributed by atoms with Gasteiger partial charge in [0.15, 0.2) is 5.78 Å². The number of aliphatic imine (C=N–C) groups is 1. The maximum Gasteiger partial charge on any atom is 0.151 e. The molecule has 0 rings (SSSR count). The fourth-order valence-corrected chi connectivity index (χ4v) is 0.269. The maximum absolute atomic E-state index is 10.2. The minimum Gasteiger partial charge on any atom is -0.298 e. The molecule has 0 amide bonds. The highest BCUT2D eigenvalue weighted by Gasteiger charge is 1.85. The Morgan fingerprint density at radius 1 is 1.40 bits per heavy atom. The van der Waals surface area contributed by atoms with E-state index in [4.69, 9.17) is 0 Å². The SMILES string of the molecule is C=C.CC(=O)CN=C(C)C.[HH]. The van der Waals surface area contributed by atoms with Crippen molar-refractivity contribution in [1.29, 1.82) is 0 Å². The van der Waals surface area contributed by atoms with Gasteiger partial charge >= 0.3 is 0 Å². The zero-order valence-corrected chi connectivity index (χ0v) is 6.98. The summed E-state index contributed by atoms with van der Waals surface area (Å²) in [4.78, 5) is 14.1. The first kappa shape index (κ1) is 11.8. The first-order valence-corrected chi connectivity index (χ1v) is 3.10. The lowest BCUT2D eigenvalue weighted by Gasteiger charge is -1.86. The highest BCUT2D eigenvalue weighted by Crippen LogP contribution is 1.75. The molecule has 0 saturated heterocycles. The number of Topliss-reactive ketones (excluding diaryl/α,β-unsaturated/α-hetero) is 1. The van der Waals surface area contributed by atoms with Crippen LogP contribution in [0.15, 0.2) is 18.2 Å². The number of hydrogen-bond donors (Lipinski definition) is 0. The third kappa shape index (κ3) is 15.7. The lowest BCUT2D eigenvalue weighted by molar-refractivity contribution is -0.115. The van der Waals surface area contributed by atoms with Gasteiger partial charge in [-0.05, 0) is 20.8 Å². The molecule has 0 aliphatic rings. The predicted octanol–water partition coefficient (Wildman–Crippen LogP) is 2.10. The number of carbonyl (C=O) groups excluding carboxylic acids is 1. The van der Waals surface area contributed by atoms with Crippen LogP contribution in [0.5, 0.6) is 0 Å². The van der Waals surface area contributed by atoms with Crippen LogP contribution in [0.3, 0.4) is 0 Å². The lowest BCUT2D eigenvalue weighted by Crippen LogP contribution is -1.96. The second kappa shape index (κ2) is 8.08. The van der Waals surface area contributed by atoms with E-state index in [9.17, 15) is 4.79 Å². The third-order valence-electron chi connectivity index (χ3n) is 0.618. The molecule has 0 bridgehead atoms. The minimum atomic E-state index is 0. The van der Waals surface area contributed by atoms with Crippen LogP contribution >= 0.6 is 0 Å². The normalized spacial score (nSPS) is 7.10. The Labute approximate surface area is 64.2 Å². The molecule has 0 aromatic rings. The Hall–Kier alpha value is -0.920. The Morgan fingerprint density at radius 3 is 1.90 bits per heavy atom. The van der Waals surface area contributed by atoms with Crippen LogP contribution in [0.25, 0.3) is 0 Å². The van der Waals surface area contributed by atoms with Crippen molar-refractivity contribution >= 4 is 11.5 Å². The average molecular weight is 143 g/mol. The first-order chi connectivity index (χ1) is 4.63. The zero-order chi connectivity index (χ0) is 8.57. The molecule has 0 heterocycles. The van der Waals surface area contributed by atoms with Crippen LogP contribution < -0.4 is 0 Å². The number of hydrogen-bond acceptors (Lipinski definition) is 2. The molecule has 0 aliphatic carbocycles. The largest absolute Gasteiger partial charge is 0.298 e. The second-order valence-corrected chi connectivity index (χ2v) is 1.97. The van der Waals surface area contributed by atoms with Crippen molar-refractivity contribution in [1.82, 2.24) is 0 Å². The quantitative estimate of drug-likeness (QED) is 0.430. The van der Waals surface area contributed by atoms with Gasteiger partial charge in [0.25, 0.3) is 0 Å². The molecule has 0 aliphatic heterocycles. The number of carbonyl (C=O) groups is 1. The van der Waals surface area contributed by atoms with Crippen LogP contribution in [0.4, 0.5) is 0 Å². The summed E-state index contributed by atoms with van der Waals surface area (Å²) in [7, 11) is 0. The van der Waals surface area contributed by atoms with Gasteiger partial charge in [-0.2, -0.15) is 0 Å². The van der Waals surface area contributed by atoms with Gasteiger partial charge in [0.1, 0.15) is 0 Å². The Kier molecular flexibility index (Phi) is 9.56. The van der Waals surface area contributed by atoms with E-state index in [-0.39, 0.29) is 7.21 Å². The smallest absolute Gasteiger partial charge is 0.151 e. The minimum absolute atomic E-state index is 0. The summed E-state index contributed by atoms with van der Waals surface area (Å²) in [6, 6.07) is 0. The van der Waals surface area contributed by atoms with E-state index >= 15 is 0 Å². The number of ketones is 1. The summed E-state index contributed by atoms with van der Waals surface area (Å²) >= 11 is 0. The highest BCUT2D eigenvalue weighted by atomic mass is 16.1. The van der Waals surface area contributed by atoms with Crippen molar-refractivity contribution in [3.63, 3.8) is 0 Å². The molecule has 2 heteroatoms. The molecule has 0 aromatic carbocycles. The third-order valence-corrected chi connectivity index (χ3v) is 0.618. The van der Waals surface area contributed by atoms with Gasteiger partial charge < -0.3 is 0 Å². The van der Waals surface area contributed by atoms with Crippen molar-refractivity contribution in [2.24, 2.45) is 4.99 Å². The Morgan fingerprint density at radius 2 is 1.80 bits per heavy atom. The van der Waals surface area contributed by atoms with Gasteiger partial charge in [-0.15, -0.1) is 13.2 Å². The molecule has 60 valence electrons. The van der Waals surface area contributed by atoms with E-state index in [1.165, 1.54) is 6.92 Å². The second-order valence-electron chi connectivity index (χ2n) is 1.97. The summed E-state index contributed by atoms with van der Waals surface area (Å²) in [5.74, 6) is 0.117. The van der Waals surface area contributed by atoms with E-state index in [1.54, 1.807) is 0 Å². The van der Waals surface area contributed by atoms with Gasteiger partial charge in [0, 0.05) is 7.14 Å². The summed E-state index contributed by atoms with van der Waals surface area (Å²) in [6.45, 7) is 11.6. The fraction of sp³-hybridized carbons (Fsp3) is 0.500. The molecular weight excluding hydrogens is 126 g/mol. The molecule has 0 unspecified atom stereocenters. The van der Waals surface area contributed by atoms with E-state index < -0.39 is 0 Å². The summed E-state index contributed by atoms with van der Waals surface area (Å²) in [5.41, 5.74) is 0.959. The van der Waals surface area contributed by atoms with Gasteiger partial charge in [0.05, 0.1) is 6.54 Å².